The molecule has 1 amide bonds. The molecule has 0 bridgehead atoms. The van der Waals surface area contributed by atoms with Crippen molar-refractivity contribution < 1.29 is 23.5 Å². The standard InChI is InChI=1S/C24H16ClFN2O4S/c1-11-10-14(12(2)32-11)21(29)18-20(13-6-3-4-8-16(13)26)28(23(31)22(18)30)24-27-19-15(25)7-5-9-17(19)33-24/h3-10,20,29H,1-2H3. The lowest BCUT2D eigenvalue weighted by Crippen LogP contribution is -2.29. The number of anilines is 1. The molecule has 4 aromatic rings. The first-order valence-corrected chi connectivity index (χ1v) is 11.1. The summed E-state index contributed by atoms with van der Waals surface area (Å²) in [5.74, 6) is -2.03. The van der Waals surface area contributed by atoms with E-state index >= 15 is 0 Å². The second kappa shape index (κ2) is 7.83. The smallest absolute Gasteiger partial charge is 0.301 e. The number of amides is 1. The zero-order chi connectivity index (χ0) is 23.4. The highest BCUT2D eigenvalue weighted by atomic mass is 35.5. The zero-order valence-corrected chi connectivity index (χ0v) is 19.0. The maximum absolute atomic E-state index is 15.0. The number of fused-ring (bicyclic) bond motifs is 1. The Hall–Kier alpha value is -3.49. The van der Waals surface area contributed by atoms with Crippen LogP contribution in [0.3, 0.4) is 0 Å². The van der Waals surface area contributed by atoms with Crippen molar-refractivity contribution in [3.05, 3.63) is 87.6 Å². The van der Waals surface area contributed by atoms with Gasteiger partial charge in [0.25, 0.3) is 5.78 Å². The van der Waals surface area contributed by atoms with Gasteiger partial charge in [-0.3, -0.25) is 14.5 Å². The maximum Gasteiger partial charge on any atom is 0.301 e. The van der Waals surface area contributed by atoms with E-state index < -0.39 is 29.3 Å². The van der Waals surface area contributed by atoms with Crippen LogP contribution >= 0.6 is 22.9 Å². The van der Waals surface area contributed by atoms with Gasteiger partial charge in [-0.1, -0.05) is 47.2 Å². The maximum atomic E-state index is 15.0. The summed E-state index contributed by atoms with van der Waals surface area (Å²) in [4.78, 5) is 32.0. The third kappa shape index (κ3) is 3.34. The molecular formula is C24H16ClFN2O4S. The second-order valence-corrected chi connectivity index (χ2v) is 9.02. The van der Waals surface area contributed by atoms with Crippen LogP contribution in [0.1, 0.15) is 28.7 Å². The molecule has 1 aliphatic rings. The SMILES string of the molecule is Cc1cc(C(O)=C2C(=O)C(=O)N(c3nc4c(Cl)cccc4s3)C2c2ccccc2F)c(C)o1. The number of hydrogen-bond donors (Lipinski definition) is 1. The number of aromatic nitrogens is 1. The van der Waals surface area contributed by atoms with Gasteiger partial charge in [0.2, 0.25) is 0 Å². The molecule has 5 rings (SSSR count). The first-order valence-electron chi connectivity index (χ1n) is 9.96. The zero-order valence-electron chi connectivity index (χ0n) is 17.4. The van der Waals surface area contributed by atoms with E-state index in [0.29, 0.717) is 26.8 Å². The molecule has 1 atom stereocenters. The van der Waals surface area contributed by atoms with E-state index in [4.69, 9.17) is 16.0 Å². The Morgan fingerprint density at radius 2 is 1.94 bits per heavy atom. The molecule has 166 valence electrons. The molecule has 0 saturated carbocycles. The number of thiazole rings is 1. The highest BCUT2D eigenvalue weighted by molar-refractivity contribution is 7.22. The fourth-order valence-electron chi connectivity index (χ4n) is 4.04. The van der Waals surface area contributed by atoms with Crippen molar-refractivity contribution in [2.45, 2.75) is 19.9 Å². The fourth-order valence-corrected chi connectivity index (χ4v) is 5.33. The number of nitrogens with zero attached hydrogens (tertiary/aromatic N) is 2. The molecule has 1 aliphatic heterocycles. The molecule has 0 spiro atoms. The van der Waals surface area contributed by atoms with Crippen molar-refractivity contribution in [3.63, 3.8) is 0 Å². The first-order chi connectivity index (χ1) is 15.8. The largest absolute Gasteiger partial charge is 0.507 e. The van der Waals surface area contributed by atoms with Gasteiger partial charge < -0.3 is 9.52 Å². The lowest BCUT2D eigenvalue weighted by Gasteiger charge is -2.23. The van der Waals surface area contributed by atoms with E-state index in [9.17, 15) is 19.1 Å². The number of aryl methyl sites for hydroxylation is 2. The minimum atomic E-state index is -1.22. The van der Waals surface area contributed by atoms with Gasteiger partial charge in [0, 0.05) is 5.56 Å². The number of para-hydroxylation sites is 1. The molecule has 0 aliphatic carbocycles. The van der Waals surface area contributed by atoms with Crippen LogP contribution < -0.4 is 4.90 Å². The predicted octanol–water partition coefficient (Wildman–Crippen LogP) is 5.92. The molecule has 3 heterocycles. The quantitative estimate of drug-likeness (QED) is 0.222. The normalized spacial score (nSPS) is 17.9. The van der Waals surface area contributed by atoms with Gasteiger partial charge in [0.1, 0.15) is 34.7 Å². The summed E-state index contributed by atoms with van der Waals surface area (Å²) in [6.07, 6.45) is 0. The molecule has 1 unspecified atom stereocenters. The van der Waals surface area contributed by atoms with Crippen molar-refractivity contribution >= 4 is 55.7 Å². The van der Waals surface area contributed by atoms with E-state index in [1.54, 1.807) is 44.2 Å². The number of rotatable bonds is 3. The van der Waals surface area contributed by atoms with Crippen LogP contribution in [0, 0.1) is 19.7 Å². The molecule has 1 fully saturated rings. The lowest BCUT2D eigenvalue weighted by atomic mass is 9.95. The lowest BCUT2D eigenvalue weighted by molar-refractivity contribution is -0.132. The number of ketones is 1. The number of aliphatic hydroxyl groups excluding tert-OH is 1. The molecule has 2 aromatic heterocycles. The van der Waals surface area contributed by atoms with E-state index in [2.05, 4.69) is 4.98 Å². The minimum absolute atomic E-state index is 0.0569. The van der Waals surface area contributed by atoms with Crippen LogP contribution in [0.25, 0.3) is 16.0 Å². The molecule has 9 heteroatoms. The molecular weight excluding hydrogens is 467 g/mol. The Balaban J connectivity index is 1.78. The molecule has 0 radical (unpaired) electrons. The molecule has 1 saturated heterocycles. The van der Waals surface area contributed by atoms with Crippen molar-refractivity contribution in [2.75, 3.05) is 4.90 Å². The highest BCUT2D eigenvalue weighted by Gasteiger charge is 2.49. The summed E-state index contributed by atoms with van der Waals surface area (Å²) in [7, 11) is 0. The predicted molar refractivity (Wildman–Crippen MR) is 124 cm³/mol. The molecule has 1 N–H and O–H groups in total. The third-order valence-corrected chi connectivity index (χ3v) is 6.83. The van der Waals surface area contributed by atoms with Crippen LogP contribution in [-0.4, -0.2) is 21.8 Å². The summed E-state index contributed by atoms with van der Waals surface area (Å²) >= 11 is 7.40. The van der Waals surface area contributed by atoms with Gasteiger partial charge in [-0.05, 0) is 38.1 Å². The minimum Gasteiger partial charge on any atom is -0.507 e. The summed E-state index contributed by atoms with van der Waals surface area (Å²) in [5.41, 5.74) is 0.551. The van der Waals surface area contributed by atoms with E-state index in [0.717, 1.165) is 16.2 Å². The average molecular weight is 483 g/mol. The van der Waals surface area contributed by atoms with Crippen LogP contribution in [0.4, 0.5) is 9.52 Å². The van der Waals surface area contributed by atoms with Gasteiger partial charge in [0.05, 0.1) is 20.9 Å². The number of aliphatic hydroxyl groups is 1. The Labute approximate surface area is 196 Å². The van der Waals surface area contributed by atoms with Gasteiger partial charge >= 0.3 is 5.91 Å². The van der Waals surface area contributed by atoms with E-state index in [1.165, 1.54) is 18.2 Å². The number of furan rings is 1. The third-order valence-electron chi connectivity index (χ3n) is 5.50. The summed E-state index contributed by atoms with van der Waals surface area (Å²) < 4.78 is 21.2. The van der Waals surface area contributed by atoms with Gasteiger partial charge in [0.15, 0.2) is 5.13 Å². The van der Waals surface area contributed by atoms with Crippen LogP contribution in [0.2, 0.25) is 5.02 Å². The van der Waals surface area contributed by atoms with Crippen molar-refractivity contribution in [3.8, 4) is 0 Å². The van der Waals surface area contributed by atoms with Gasteiger partial charge in [-0.25, -0.2) is 9.37 Å². The van der Waals surface area contributed by atoms with E-state index in [1.807, 2.05) is 0 Å². The monoisotopic (exact) mass is 482 g/mol. The van der Waals surface area contributed by atoms with Crippen molar-refractivity contribution in [2.24, 2.45) is 0 Å². The fraction of sp³-hybridized carbons (Fsp3) is 0.125. The van der Waals surface area contributed by atoms with Crippen LogP contribution in [0.5, 0.6) is 0 Å². The number of halogens is 2. The average Bonchev–Trinajstić information content (AvgIpc) is 3.43. The summed E-state index contributed by atoms with van der Waals surface area (Å²) in [6.45, 7) is 3.33. The Bertz CT molecular complexity index is 1490. The Morgan fingerprint density at radius 3 is 2.61 bits per heavy atom. The van der Waals surface area contributed by atoms with Crippen molar-refractivity contribution in [1.29, 1.82) is 0 Å². The Kier molecular flexibility index (Phi) is 5.07. The number of carbonyl (C=O) groups is 2. The topological polar surface area (TPSA) is 83.6 Å². The molecule has 33 heavy (non-hydrogen) atoms. The van der Waals surface area contributed by atoms with Crippen molar-refractivity contribution in [1.82, 2.24) is 4.98 Å². The van der Waals surface area contributed by atoms with Gasteiger partial charge in [-0.2, -0.15) is 0 Å². The van der Waals surface area contributed by atoms with E-state index in [-0.39, 0.29) is 21.8 Å². The summed E-state index contributed by atoms with van der Waals surface area (Å²) in [6, 6.07) is 11.4. The number of Topliss-reactive ketones (excluding diaryl/α,β-unsaturated/α-hetero) is 1. The Morgan fingerprint density at radius 1 is 1.18 bits per heavy atom. The second-order valence-electron chi connectivity index (χ2n) is 7.60. The van der Waals surface area contributed by atoms with Crippen LogP contribution in [0.15, 0.2) is 58.5 Å². The molecule has 2 aromatic carbocycles. The number of hydrogen-bond acceptors (Lipinski definition) is 6. The first kappa shape index (κ1) is 21.4. The molecule has 6 nitrogen and oxygen atoms in total. The number of carbonyl (C=O) groups excluding carboxylic acids is 2. The number of benzene rings is 2. The van der Waals surface area contributed by atoms with Gasteiger partial charge in [-0.15, -0.1) is 0 Å². The van der Waals surface area contributed by atoms with Crippen LogP contribution in [-0.2, 0) is 9.59 Å². The highest BCUT2D eigenvalue weighted by Crippen LogP contribution is 2.45. The summed E-state index contributed by atoms with van der Waals surface area (Å²) in [5, 5.41) is 11.7.